The van der Waals surface area contributed by atoms with Crippen LogP contribution < -0.4 is 0 Å². The summed E-state index contributed by atoms with van der Waals surface area (Å²) in [4.78, 5) is 16.6. The predicted molar refractivity (Wildman–Crippen MR) is 74.5 cm³/mol. The maximum atomic E-state index is 12.4. The van der Waals surface area contributed by atoms with E-state index in [4.69, 9.17) is 11.6 Å². The van der Waals surface area contributed by atoms with Gasteiger partial charge in [-0.1, -0.05) is 41.9 Å². The van der Waals surface area contributed by atoms with Crippen molar-refractivity contribution >= 4 is 38.9 Å². The molecular weight excluding hydrogens is 266 g/mol. The lowest BCUT2D eigenvalue weighted by Gasteiger charge is -1.99. The highest BCUT2D eigenvalue weighted by Crippen LogP contribution is 2.27. The third kappa shape index (κ3) is 1.92. The van der Waals surface area contributed by atoms with Crippen LogP contribution in [0.5, 0.6) is 0 Å². The number of rotatable bonds is 2. The first-order valence-electron chi connectivity index (χ1n) is 5.39. The molecule has 1 aromatic carbocycles. The standard InChI is InChI=1S/C14H8ClNOS/c15-12-7-6-11-13(16-12)10(8-18-11)14(17)9-4-2-1-3-5-9/h1-8H. The van der Waals surface area contributed by atoms with Gasteiger partial charge in [-0.25, -0.2) is 4.98 Å². The summed E-state index contributed by atoms with van der Waals surface area (Å²) in [5, 5.41) is 2.24. The third-order valence-electron chi connectivity index (χ3n) is 2.66. The predicted octanol–water partition coefficient (Wildman–Crippen LogP) is 4.18. The molecule has 3 rings (SSSR count). The van der Waals surface area contributed by atoms with Crippen LogP contribution in [0.4, 0.5) is 0 Å². The van der Waals surface area contributed by atoms with Gasteiger partial charge in [0.1, 0.15) is 5.15 Å². The molecule has 0 atom stereocenters. The van der Waals surface area contributed by atoms with Crippen LogP contribution in [0.15, 0.2) is 47.8 Å². The number of hydrogen-bond acceptors (Lipinski definition) is 3. The van der Waals surface area contributed by atoms with Gasteiger partial charge in [-0.2, -0.15) is 0 Å². The highest BCUT2D eigenvalue weighted by molar-refractivity contribution is 7.17. The first-order valence-corrected chi connectivity index (χ1v) is 6.65. The van der Waals surface area contributed by atoms with Crippen molar-refractivity contribution in [1.82, 2.24) is 4.98 Å². The van der Waals surface area contributed by atoms with E-state index in [1.165, 1.54) is 11.3 Å². The van der Waals surface area contributed by atoms with Crippen LogP contribution in [0.2, 0.25) is 5.15 Å². The molecule has 0 unspecified atom stereocenters. The van der Waals surface area contributed by atoms with Gasteiger partial charge < -0.3 is 0 Å². The second-order valence-electron chi connectivity index (χ2n) is 3.83. The van der Waals surface area contributed by atoms with Crippen molar-refractivity contribution in [2.24, 2.45) is 0 Å². The van der Waals surface area contributed by atoms with Gasteiger partial charge in [-0.15, -0.1) is 11.3 Å². The van der Waals surface area contributed by atoms with Gasteiger partial charge in [0.15, 0.2) is 5.78 Å². The molecule has 0 bridgehead atoms. The molecule has 2 heterocycles. The summed E-state index contributed by atoms with van der Waals surface area (Å²) < 4.78 is 0.971. The molecule has 0 aliphatic heterocycles. The normalized spacial score (nSPS) is 10.7. The topological polar surface area (TPSA) is 30.0 Å². The van der Waals surface area contributed by atoms with Crippen molar-refractivity contribution in [2.75, 3.05) is 0 Å². The summed E-state index contributed by atoms with van der Waals surface area (Å²) in [6, 6.07) is 12.8. The quantitative estimate of drug-likeness (QED) is 0.518. The average molecular weight is 274 g/mol. The number of carbonyl (C=O) groups is 1. The summed E-state index contributed by atoms with van der Waals surface area (Å²) in [7, 11) is 0. The maximum Gasteiger partial charge on any atom is 0.196 e. The zero-order valence-electron chi connectivity index (χ0n) is 9.26. The van der Waals surface area contributed by atoms with E-state index in [9.17, 15) is 4.79 Å². The van der Waals surface area contributed by atoms with Crippen LogP contribution in [-0.4, -0.2) is 10.8 Å². The highest BCUT2D eigenvalue weighted by atomic mass is 35.5. The molecule has 88 valence electrons. The first kappa shape index (κ1) is 11.4. The molecule has 0 saturated heterocycles. The number of thiophene rings is 1. The third-order valence-corrected chi connectivity index (χ3v) is 3.81. The second-order valence-corrected chi connectivity index (χ2v) is 5.12. The molecule has 0 saturated carbocycles. The van der Waals surface area contributed by atoms with E-state index in [0.29, 0.717) is 21.8 Å². The van der Waals surface area contributed by atoms with E-state index < -0.39 is 0 Å². The Bertz CT molecular complexity index is 721. The molecular formula is C14H8ClNOS. The van der Waals surface area contributed by atoms with Gasteiger partial charge in [-0.3, -0.25) is 4.79 Å². The lowest BCUT2D eigenvalue weighted by atomic mass is 10.1. The fraction of sp³-hybridized carbons (Fsp3) is 0. The summed E-state index contributed by atoms with van der Waals surface area (Å²) in [5.41, 5.74) is 1.96. The van der Waals surface area contributed by atoms with Gasteiger partial charge in [0.05, 0.1) is 15.8 Å². The Labute approximate surface area is 113 Å². The van der Waals surface area contributed by atoms with Crippen LogP contribution in [0, 0.1) is 0 Å². The molecule has 3 aromatic rings. The van der Waals surface area contributed by atoms with E-state index in [1.807, 2.05) is 29.6 Å². The van der Waals surface area contributed by atoms with E-state index in [1.54, 1.807) is 18.2 Å². The Morgan fingerprint density at radius 2 is 1.89 bits per heavy atom. The smallest absolute Gasteiger partial charge is 0.196 e. The molecule has 2 aromatic heterocycles. The minimum atomic E-state index is -0.0170. The zero-order chi connectivity index (χ0) is 12.5. The largest absolute Gasteiger partial charge is 0.288 e. The summed E-state index contributed by atoms with van der Waals surface area (Å²) in [5.74, 6) is -0.0170. The summed E-state index contributed by atoms with van der Waals surface area (Å²) in [6.07, 6.45) is 0. The number of benzene rings is 1. The summed E-state index contributed by atoms with van der Waals surface area (Å²) >= 11 is 7.38. The number of halogens is 1. The number of pyridine rings is 1. The highest BCUT2D eigenvalue weighted by Gasteiger charge is 2.15. The zero-order valence-corrected chi connectivity index (χ0v) is 10.8. The average Bonchev–Trinajstić information content (AvgIpc) is 2.82. The monoisotopic (exact) mass is 273 g/mol. The van der Waals surface area contributed by atoms with E-state index in [-0.39, 0.29) is 5.78 Å². The Hall–Kier alpha value is -1.71. The molecule has 0 amide bonds. The van der Waals surface area contributed by atoms with Gasteiger partial charge in [-0.05, 0) is 12.1 Å². The molecule has 0 radical (unpaired) electrons. The van der Waals surface area contributed by atoms with Gasteiger partial charge >= 0.3 is 0 Å². The first-order chi connectivity index (χ1) is 8.75. The van der Waals surface area contributed by atoms with Crippen molar-refractivity contribution in [1.29, 1.82) is 0 Å². The Balaban J connectivity index is 2.15. The second kappa shape index (κ2) is 4.52. The van der Waals surface area contributed by atoms with Crippen molar-refractivity contribution in [2.45, 2.75) is 0 Å². The molecule has 18 heavy (non-hydrogen) atoms. The van der Waals surface area contributed by atoms with Crippen molar-refractivity contribution in [3.05, 3.63) is 64.1 Å². The van der Waals surface area contributed by atoms with Crippen LogP contribution in [-0.2, 0) is 0 Å². The molecule has 0 spiro atoms. The van der Waals surface area contributed by atoms with Crippen LogP contribution >= 0.6 is 22.9 Å². The van der Waals surface area contributed by atoms with Gasteiger partial charge in [0.25, 0.3) is 0 Å². The van der Waals surface area contributed by atoms with Crippen LogP contribution in [0.25, 0.3) is 10.2 Å². The molecule has 0 aliphatic rings. The lowest BCUT2D eigenvalue weighted by molar-refractivity contribution is 0.104. The number of hydrogen-bond donors (Lipinski definition) is 0. The van der Waals surface area contributed by atoms with Gasteiger partial charge in [0.2, 0.25) is 0 Å². The summed E-state index contributed by atoms with van der Waals surface area (Å²) in [6.45, 7) is 0. The van der Waals surface area contributed by atoms with Gasteiger partial charge in [0, 0.05) is 10.9 Å². The number of nitrogens with zero attached hydrogens (tertiary/aromatic N) is 1. The molecule has 0 aliphatic carbocycles. The molecule has 2 nitrogen and oxygen atoms in total. The lowest BCUT2D eigenvalue weighted by Crippen LogP contribution is -2.00. The fourth-order valence-corrected chi connectivity index (χ4v) is 2.82. The van der Waals surface area contributed by atoms with Crippen LogP contribution in [0.1, 0.15) is 15.9 Å². The fourth-order valence-electron chi connectivity index (χ4n) is 1.79. The molecule has 4 heteroatoms. The number of ketones is 1. The van der Waals surface area contributed by atoms with Crippen molar-refractivity contribution < 1.29 is 4.79 Å². The van der Waals surface area contributed by atoms with E-state index in [0.717, 1.165) is 4.70 Å². The minimum Gasteiger partial charge on any atom is -0.288 e. The van der Waals surface area contributed by atoms with E-state index in [2.05, 4.69) is 4.98 Å². The SMILES string of the molecule is O=C(c1ccccc1)c1csc2ccc(Cl)nc12. The number of carbonyl (C=O) groups excluding carboxylic acids is 1. The van der Waals surface area contributed by atoms with E-state index >= 15 is 0 Å². The Kier molecular flexibility index (Phi) is 2.86. The number of fused-ring (bicyclic) bond motifs is 1. The maximum absolute atomic E-state index is 12.4. The van der Waals surface area contributed by atoms with Crippen LogP contribution in [0.3, 0.4) is 0 Å². The molecule has 0 N–H and O–H groups in total. The van der Waals surface area contributed by atoms with Crippen molar-refractivity contribution in [3.63, 3.8) is 0 Å². The molecule has 0 fully saturated rings. The Morgan fingerprint density at radius 3 is 2.67 bits per heavy atom. The Morgan fingerprint density at radius 1 is 1.11 bits per heavy atom. The van der Waals surface area contributed by atoms with Crippen molar-refractivity contribution in [3.8, 4) is 0 Å². The number of aromatic nitrogens is 1. The minimum absolute atomic E-state index is 0.0170.